The molecule has 0 spiro atoms. The zero-order valence-electron chi connectivity index (χ0n) is 8.83. The summed E-state index contributed by atoms with van der Waals surface area (Å²) in [6, 6.07) is 0. The van der Waals surface area contributed by atoms with Gasteiger partial charge < -0.3 is 15.4 Å². The summed E-state index contributed by atoms with van der Waals surface area (Å²) in [7, 11) is 0. The van der Waals surface area contributed by atoms with E-state index in [9.17, 15) is 4.79 Å². The second-order valence-electron chi connectivity index (χ2n) is 3.94. The Morgan fingerprint density at radius 1 is 1.60 bits per heavy atom. The van der Waals surface area contributed by atoms with Crippen molar-refractivity contribution in [2.75, 3.05) is 32.0 Å². The molecule has 2 saturated heterocycles. The Hall–Kier alpha value is -0.260. The summed E-state index contributed by atoms with van der Waals surface area (Å²) < 4.78 is 5.51. The third-order valence-corrected chi connectivity index (χ3v) is 4.11. The largest absolute Gasteiger partial charge is 0.374 e. The fourth-order valence-electron chi connectivity index (χ4n) is 1.86. The van der Waals surface area contributed by atoms with Crippen LogP contribution in [-0.4, -0.2) is 49.3 Å². The zero-order valence-corrected chi connectivity index (χ0v) is 9.65. The number of morpholine rings is 1. The third kappa shape index (κ3) is 3.36. The van der Waals surface area contributed by atoms with E-state index in [1.165, 1.54) is 6.42 Å². The van der Waals surface area contributed by atoms with E-state index < -0.39 is 0 Å². The highest BCUT2D eigenvalue weighted by Gasteiger charge is 2.24. The van der Waals surface area contributed by atoms with E-state index in [-0.39, 0.29) is 17.3 Å². The van der Waals surface area contributed by atoms with Crippen LogP contribution in [0.1, 0.15) is 12.8 Å². The van der Waals surface area contributed by atoms with Gasteiger partial charge in [-0.15, -0.1) is 11.8 Å². The first kappa shape index (κ1) is 11.2. The minimum atomic E-state index is 0.147. The zero-order chi connectivity index (χ0) is 10.5. The number of nitrogens with one attached hydrogen (secondary N) is 2. The van der Waals surface area contributed by atoms with Gasteiger partial charge in [-0.05, 0) is 18.6 Å². The van der Waals surface area contributed by atoms with Gasteiger partial charge in [-0.3, -0.25) is 4.79 Å². The smallest absolute Gasteiger partial charge is 0.233 e. The van der Waals surface area contributed by atoms with E-state index in [2.05, 4.69) is 10.6 Å². The molecule has 0 radical (unpaired) electrons. The van der Waals surface area contributed by atoms with Crippen LogP contribution >= 0.6 is 11.8 Å². The SMILES string of the molecule is O=C(NCC1CNCCO1)C1CCCS1. The summed E-state index contributed by atoms with van der Waals surface area (Å²) in [6.07, 6.45) is 2.35. The van der Waals surface area contributed by atoms with Crippen LogP contribution in [0.25, 0.3) is 0 Å². The van der Waals surface area contributed by atoms with Gasteiger partial charge in [-0.25, -0.2) is 0 Å². The van der Waals surface area contributed by atoms with Crippen molar-refractivity contribution in [3.63, 3.8) is 0 Å². The fourth-order valence-corrected chi connectivity index (χ4v) is 3.05. The maximum atomic E-state index is 11.7. The van der Waals surface area contributed by atoms with Gasteiger partial charge in [0.1, 0.15) is 0 Å². The number of rotatable bonds is 3. The standard InChI is InChI=1S/C10H18N2O2S/c13-10(9-2-1-5-15-9)12-7-8-6-11-3-4-14-8/h8-9,11H,1-7H2,(H,12,13). The van der Waals surface area contributed by atoms with Crippen molar-refractivity contribution in [3.05, 3.63) is 0 Å². The van der Waals surface area contributed by atoms with Gasteiger partial charge in [0.05, 0.1) is 18.0 Å². The first-order valence-corrected chi connectivity index (χ1v) is 6.63. The number of carbonyl (C=O) groups excluding carboxylic acids is 1. The van der Waals surface area contributed by atoms with Crippen molar-refractivity contribution in [2.45, 2.75) is 24.2 Å². The Labute approximate surface area is 94.5 Å². The molecule has 0 aromatic carbocycles. The van der Waals surface area contributed by atoms with Crippen LogP contribution in [0.4, 0.5) is 0 Å². The van der Waals surface area contributed by atoms with Crippen molar-refractivity contribution in [1.82, 2.24) is 10.6 Å². The van der Waals surface area contributed by atoms with Crippen molar-refractivity contribution < 1.29 is 9.53 Å². The Kier molecular flexibility index (Phi) is 4.29. The normalized spacial score (nSPS) is 31.5. The van der Waals surface area contributed by atoms with Crippen LogP contribution in [0.15, 0.2) is 0 Å². The van der Waals surface area contributed by atoms with Crippen molar-refractivity contribution >= 4 is 17.7 Å². The summed E-state index contributed by atoms with van der Waals surface area (Å²) in [5.74, 6) is 1.31. The molecule has 0 aliphatic carbocycles. The van der Waals surface area contributed by atoms with Gasteiger partial charge in [0, 0.05) is 19.6 Å². The molecule has 2 rings (SSSR count). The monoisotopic (exact) mass is 230 g/mol. The number of carbonyl (C=O) groups is 1. The predicted molar refractivity (Wildman–Crippen MR) is 61.1 cm³/mol. The molecule has 2 aliphatic rings. The lowest BCUT2D eigenvalue weighted by molar-refractivity contribution is -0.121. The van der Waals surface area contributed by atoms with Gasteiger partial charge in [-0.1, -0.05) is 0 Å². The molecule has 86 valence electrons. The third-order valence-electron chi connectivity index (χ3n) is 2.73. The molecule has 2 unspecified atom stereocenters. The van der Waals surface area contributed by atoms with Crippen molar-refractivity contribution in [3.8, 4) is 0 Å². The van der Waals surface area contributed by atoms with Gasteiger partial charge in [0.2, 0.25) is 5.91 Å². The molecule has 2 aliphatic heterocycles. The van der Waals surface area contributed by atoms with E-state index in [4.69, 9.17) is 4.74 Å². The van der Waals surface area contributed by atoms with Crippen LogP contribution in [0, 0.1) is 0 Å². The molecule has 1 amide bonds. The molecule has 2 heterocycles. The lowest BCUT2D eigenvalue weighted by atomic mass is 10.2. The number of amides is 1. The number of hydrogen-bond acceptors (Lipinski definition) is 4. The molecule has 0 saturated carbocycles. The van der Waals surface area contributed by atoms with Crippen LogP contribution in [0.5, 0.6) is 0 Å². The molecule has 0 aromatic heterocycles. The molecule has 2 fully saturated rings. The summed E-state index contributed by atoms with van der Waals surface area (Å²) in [5.41, 5.74) is 0. The maximum absolute atomic E-state index is 11.7. The topological polar surface area (TPSA) is 50.4 Å². The highest BCUT2D eigenvalue weighted by molar-refractivity contribution is 8.00. The summed E-state index contributed by atoms with van der Waals surface area (Å²) >= 11 is 1.77. The van der Waals surface area contributed by atoms with Crippen LogP contribution < -0.4 is 10.6 Å². The van der Waals surface area contributed by atoms with Gasteiger partial charge in [-0.2, -0.15) is 0 Å². The van der Waals surface area contributed by atoms with Gasteiger partial charge in [0.15, 0.2) is 0 Å². The fraction of sp³-hybridized carbons (Fsp3) is 0.900. The number of ether oxygens (including phenoxy) is 1. The maximum Gasteiger partial charge on any atom is 0.233 e. The summed E-state index contributed by atoms with van der Waals surface area (Å²) in [4.78, 5) is 11.7. The Morgan fingerprint density at radius 2 is 2.53 bits per heavy atom. The van der Waals surface area contributed by atoms with Crippen molar-refractivity contribution in [1.29, 1.82) is 0 Å². The minimum Gasteiger partial charge on any atom is -0.374 e. The van der Waals surface area contributed by atoms with Gasteiger partial charge in [0.25, 0.3) is 0 Å². The van der Waals surface area contributed by atoms with Crippen molar-refractivity contribution in [2.24, 2.45) is 0 Å². The highest BCUT2D eigenvalue weighted by atomic mass is 32.2. The number of hydrogen-bond donors (Lipinski definition) is 2. The summed E-state index contributed by atoms with van der Waals surface area (Å²) in [5, 5.41) is 6.40. The molecule has 15 heavy (non-hydrogen) atoms. The van der Waals surface area contributed by atoms with Crippen LogP contribution in [0.2, 0.25) is 0 Å². The van der Waals surface area contributed by atoms with E-state index in [0.29, 0.717) is 6.54 Å². The van der Waals surface area contributed by atoms with Crippen LogP contribution in [0.3, 0.4) is 0 Å². The molecule has 5 heteroatoms. The van der Waals surface area contributed by atoms with Crippen LogP contribution in [-0.2, 0) is 9.53 Å². The molecule has 0 bridgehead atoms. The average Bonchev–Trinajstić information content (AvgIpc) is 2.81. The first-order chi connectivity index (χ1) is 7.36. The molecule has 0 aromatic rings. The minimum absolute atomic E-state index is 0.147. The molecule has 2 N–H and O–H groups in total. The molecular weight excluding hydrogens is 212 g/mol. The Morgan fingerprint density at radius 3 is 3.20 bits per heavy atom. The summed E-state index contributed by atoms with van der Waals surface area (Å²) in [6.45, 7) is 3.16. The van der Waals surface area contributed by atoms with Gasteiger partial charge >= 0.3 is 0 Å². The Bertz CT molecular complexity index is 213. The first-order valence-electron chi connectivity index (χ1n) is 5.58. The van der Waals surface area contributed by atoms with E-state index in [1.807, 2.05) is 0 Å². The Balaban J connectivity index is 1.65. The predicted octanol–water partition coefficient (Wildman–Crippen LogP) is -0.0134. The quantitative estimate of drug-likeness (QED) is 0.716. The second-order valence-corrected chi connectivity index (χ2v) is 5.25. The average molecular weight is 230 g/mol. The van der Waals surface area contributed by atoms with E-state index in [1.54, 1.807) is 11.8 Å². The molecular formula is C10H18N2O2S. The lowest BCUT2D eigenvalue weighted by Crippen LogP contribution is -2.46. The lowest BCUT2D eigenvalue weighted by Gasteiger charge is -2.24. The van der Waals surface area contributed by atoms with E-state index in [0.717, 1.165) is 31.9 Å². The number of thioether (sulfide) groups is 1. The highest BCUT2D eigenvalue weighted by Crippen LogP contribution is 2.25. The molecule has 4 nitrogen and oxygen atoms in total. The van der Waals surface area contributed by atoms with E-state index >= 15 is 0 Å². The molecule has 2 atom stereocenters. The second kappa shape index (κ2) is 5.72.